The van der Waals surface area contributed by atoms with Gasteiger partial charge < -0.3 is 18.8 Å². The molecule has 2 heterocycles. The lowest BCUT2D eigenvalue weighted by Gasteiger charge is -2.31. The van der Waals surface area contributed by atoms with E-state index in [9.17, 15) is 9.59 Å². The van der Waals surface area contributed by atoms with Crippen molar-refractivity contribution in [2.45, 2.75) is 47.2 Å². The Bertz CT molecular complexity index is 741. The van der Waals surface area contributed by atoms with E-state index in [0.717, 1.165) is 17.9 Å². The molecule has 0 radical (unpaired) electrons. The Morgan fingerprint density at radius 3 is 2.37 bits per heavy atom. The smallest absolute Gasteiger partial charge is 0.242 e. The van der Waals surface area contributed by atoms with Gasteiger partial charge in [-0.25, -0.2) is 0 Å². The van der Waals surface area contributed by atoms with Crippen LogP contribution >= 0.6 is 0 Å². The van der Waals surface area contributed by atoms with Gasteiger partial charge in [0, 0.05) is 30.9 Å². The molecule has 0 aliphatic rings. The van der Waals surface area contributed by atoms with Crippen LogP contribution in [0.25, 0.3) is 0 Å². The summed E-state index contributed by atoms with van der Waals surface area (Å²) < 4.78 is 7.43. The van der Waals surface area contributed by atoms with E-state index in [4.69, 9.17) is 4.42 Å². The number of hydrogen-bond acceptors (Lipinski definition) is 3. The van der Waals surface area contributed by atoms with Crippen LogP contribution in [0.5, 0.6) is 0 Å². The fourth-order valence-electron chi connectivity index (χ4n) is 2.94. The van der Waals surface area contributed by atoms with Crippen molar-refractivity contribution < 1.29 is 14.0 Å². The number of nitrogens with zero attached hydrogens (tertiary/aromatic N) is 3. The lowest BCUT2D eigenvalue weighted by Crippen LogP contribution is -2.46. The number of carbonyl (C=O) groups is 2. The van der Waals surface area contributed by atoms with E-state index >= 15 is 0 Å². The zero-order valence-electron chi connectivity index (χ0n) is 17.1. The molecule has 0 atom stereocenters. The Morgan fingerprint density at radius 1 is 1.11 bits per heavy atom. The average molecular weight is 373 g/mol. The third-order valence-corrected chi connectivity index (χ3v) is 4.43. The van der Waals surface area contributed by atoms with Gasteiger partial charge in [-0.05, 0) is 30.7 Å². The molecule has 0 fully saturated rings. The van der Waals surface area contributed by atoms with E-state index in [1.54, 1.807) is 16.1 Å². The van der Waals surface area contributed by atoms with E-state index in [0.29, 0.717) is 19.6 Å². The van der Waals surface area contributed by atoms with Crippen LogP contribution in [0.1, 0.15) is 45.6 Å². The zero-order valence-corrected chi connectivity index (χ0v) is 17.1. The molecule has 0 saturated carbocycles. The summed E-state index contributed by atoms with van der Waals surface area (Å²) >= 11 is 0. The highest BCUT2D eigenvalue weighted by Gasteiger charge is 2.29. The highest BCUT2D eigenvalue weighted by molar-refractivity contribution is 5.87. The number of rotatable bonds is 8. The second-order valence-corrected chi connectivity index (χ2v) is 7.92. The van der Waals surface area contributed by atoms with Gasteiger partial charge in [0.05, 0.1) is 25.9 Å². The van der Waals surface area contributed by atoms with Crippen molar-refractivity contribution in [1.82, 2.24) is 14.4 Å². The van der Waals surface area contributed by atoms with Crippen LogP contribution in [0.4, 0.5) is 0 Å². The molecule has 0 saturated heterocycles. The fourth-order valence-corrected chi connectivity index (χ4v) is 2.94. The molecule has 0 unspecified atom stereocenters. The summed E-state index contributed by atoms with van der Waals surface area (Å²) in [5.41, 5.74) is 0.512. The van der Waals surface area contributed by atoms with E-state index in [1.165, 1.54) is 0 Å². The summed E-state index contributed by atoms with van der Waals surface area (Å²) in [4.78, 5) is 29.3. The molecule has 0 N–H and O–H groups in total. The molecular weight excluding hydrogens is 342 g/mol. The normalized spacial score (nSPS) is 11.4. The van der Waals surface area contributed by atoms with Crippen LogP contribution < -0.4 is 0 Å². The van der Waals surface area contributed by atoms with Crippen LogP contribution in [-0.4, -0.2) is 39.3 Å². The monoisotopic (exact) mass is 373 g/mol. The lowest BCUT2D eigenvalue weighted by atomic mass is 9.94. The molecule has 0 aromatic carbocycles. The predicted molar refractivity (Wildman–Crippen MR) is 105 cm³/mol. The molecule has 6 nitrogen and oxygen atoms in total. The molecule has 6 heteroatoms. The van der Waals surface area contributed by atoms with E-state index in [1.807, 2.05) is 69.8 Å². The number of furan rings is 1. The summed E-state index contributed by atoms with van der Waals surface area (Å²) in [6, 6.07) is 7.62. The van der Waals surface area contributed by atoms with Crippen molar-refractivity contribution in [3.05, 3.63) is 48.2 Å². The van der Waals surface area contributed by atoms with Gasteiger partial charge in [0.15, 0.2) is 0 Å². The van der Waals surface area contributed by atoms with E-state index in [-0.39, 0.29) is 18.4 Å². The Hall–Kier alpha value is -2.50. The first kappa shape index (κ1) is 20.8. The molecule has 148 valence electrons. The largest absolute Gasteiger partial charge is 0.467 e. The minimum Gasteiger partial charge on any atom is -0.467 e. The molecule has 2 rings (SSSR count). The van der Waals surface area contributed by atoms with Crippen molar-refractivity contribution in [2.24, 2.45) is 12.5 Å². The summed E-state index contributed by atoms with van der Waals surface area (Å²) in [6.45, 7) is 9.15. The average Bonchev–Trinajstić information content (AvgIpc) is 3.24. The van der Waals surface area contributed by atoms with Crippen LogP contribution in [0.3, 0.4) is 0 Å². The quantitative estimate of drug-likeness (QED) is 0.712. The maximum Gasteiger partial charge on any atom is 0.242 e. The minimum atomic E-state index is -0.514. The molecular formula is C21H31N3O3. The predicted octanol–water partition coefficient (Wildman–Crippen LogP) is 3.43. The van der Waals surface area contributed by atoms with Gasteiger partial charge in [-0.2, -0.15) is 0 Å². The Kier molecular flexibility index (Phi) is 6.88. The van der Waals surface area contributed by atoms with Gasteiger partial charge in [-0.1, -0.05) is 27.7 Å². The van der Waals surface area contributed by atoms with Crippen molar-refractivity contribution >= 4 is 11.8 Å². The Morgan fingerprint density at radius 2 is 1.85 bits per heavy atom. The highest BCUT2D eigenvalue weighted by Crippen LogP contribution is 2.18. The second kappa shape index (κ2) is 8.93. The molecule has 27 heavy (non-hydrogen) atoms. The molecule has 0 spiro atoms. The van der Waals surface area contributed by atoms with Crippen LogP contribution in [0.2, 0.25) is 0 Å². The Labute approximate surface area is 161 Å². The Balaban J connectivity index is 2.18. The van der Waals surface area contributed by atoms with E-state index in [2.05, 4.69) is 0 Å². The van der Waals surface area contributed by atoms with Crippen molar-refractivity contribution in [3.63, 3.8) is 0 Å². The maximum absolute atomic E-state index is 13.1. The van der Waals surface area contributed by atoms with Crippen molar-refractivity contribution in [1.29, 1.82) is 0 Å². The topological polar surface area (TPSA) is 58.7 Å². The maximum atomic E-state index is 13.1. The summed E-state index contributed by atoms with van der Waals surface area (Å²) in [5, 5.41) is 0. The number of hydrogen-bond donors (Lipinski definition) is 0. The third-order valence-electron chi connectivity index (χ3n) is 4.43. The summed E-state index contributed by atoms with van der Waals surface area (Å²) in [5.74, 6) is 0.634. The summed E-state index contributed by atoms with van der Waals surface area (Å²) in [6.07, 6.45) is 4.37. The SMILES string of the molecule is CCCN(CC(=O)N(Cc1ccco1)Cc1cccn1C)C(=O)C(C)(C)C. The highest BCUT2D eigenvalue weighted by atomic mass is 16.3. The number of aryl methyl sites for hydroxylation is 1. The molecule has 2 amide bonds. The van der Waals surface area contributed by atoms with Crippen LogP contribution in [-0.2, 0) is 29.7 Å². The van der Waals surface area contributed by atoms with Gasteiger partial charge in [0.25, 0.3) is 0 Å². The molecule has 2 aromatic heterocycles. The first-order valence-corrected chi connectivity index (χ1v) is 9.42. The third kappa shape index (κ3) is 5.74. The van der Waals surface area contributed by atoms with Crippen LogP contribution in [0, 0.1) is 5.41 Å². The molecule has 2 aromatic rings. The number of amides is 2. The molecule has 0 aliphatic carbocycles. The fraction of sp³-hybridized carbons (Fsp3) is 0.524. The van der Waals surface area contributed by atoms with Crippen molar-refractivity contribution in [3.8, 4) is 0 Å². The standard InChI is InChI=1S/C21H31N3O3/c1-6-11-23(20(26)21(2,3)4)16-19(25)24(15-18-10-8-13-27-18)14-17-9-7-12-22(17)5/h7-10,12-13H,6,11,14-16H2,1-5H3. The van der Waals surface area contributed by atoms with Crippen molar-refractivity contribution in [2.75, 3.05) is 13.1 Å². The number of aromatic nitrogens is 1. The van der Waals surface area contributed by atoms with Gasteiger partial charge in [-0.3, -0.25) is 9.59 Å². The van der Waals surface area contributed by atoms with E-state index < -0.39 is 5.41 Å². The first-order valence-electron chi connectivity index (χ1n) is 9.42. The van der Waals surface area contributed by atoms with Gasteiger partial charge in [0.2, 0.25) is 11.8 Å². The zero-order chi connectivity index (χ0) is 20.0. The summed E-state index contributed by atoms with van der Waals surface area (Å²) in [7, 11) is 1.96. The lowest BCUT2D eigenvalue weighted by molar-refractivity contribution is -0.146. The minimum absolute atomic E-state index is 0.00508. The van der Waals surface area contributed by atoms with Crippen LogP contribution in [0.15, 0.2) is 41.1 Å². The molecule has 0 bridgehead atoms. The van der Waals surface area contributed by atoms with Gasteiger partial charge in [0.1, 0.15) is 5.76 Å². The number of carbonyl (C=O) groups excluding carboxylic acids is 2. The first-order chi connectivity index (χ1) is 12.7. The van der Waals surface area contributed by atoms with Gasteiger partial charge >= 0.3 is 0 Å². The van der Waals surface area contributed by atoms with Gasteiger partial charge in [-0.15, -0.1) is 0 Å². The second-order valence-electron chi connectivity index (χ2n) is 7.92. The molecule has 0 aliphatic heterocycles.